The van der Waals surface area contributed by atoms with Crippen LogP contribution in [0, 0.1) is 18.8 Å². The monoisotopic (exact) mass is 386 g/mol. The highest BCUT2D eigenvalue weighted by atomic mass is 16.5. The van der Waals surface area contributed by atoms with Crippen LogP contribution in [0.2, 0.25) is 0 Å². The van der Waals surface area contributed by atoms with E-state index < -0.39 is 5.54 Å². The van der Waals surface area contributed by atoms with Gasteiger partial charge in [0.1, 0.15) is 11.3 Å². The van der Waals surface area contributed by atoms with Gasteiger partial charge in [-0.15, -0.1) is 0 Å². The number of nitrogens with one attached hydrogen (secondary N) is 1. The molecule has 2 heterocycles. The summed E-state index contributed by atoms with van der Waals surface area (Å²) in [5.74, 6) is 1.24. The van der Waals surface area contributed by atoms with E-state index in [1.54, 1.807) is 0 Å². The lowest BCUT2D eigenvalue weighted by Crippen LogP contribution is -2.53. The Bertz CT molecular complexity index is 759. The molecule has 1 aromatic carbocycles. The summed E-state index contributed by atoms with van der Waals surface area (Å²) in [5.41, 5.74) is 1.24. The number of benzene rings is 1. The lowest BCUT2D eigenvalue weighted by atomic mass is 9.73. The Balaban J connectivity index is 1.51. The van der Waals surface area contributed by atoms with Gasteiger partial charge in [-0.3, -0.25) is 9.69 Å². The molecule has 1 aliphatic carbocycles. The molecule has 4 rings (SSSR count). The third-order valence-corrected chi connectivity index (χ3v) is 6.55. The van der Waals surface area contributed by atoms with Crippen LogP contribution >= 0.6 is 0 Å². The molecule has 6 nitrogen and oxygen atoms in total. The standard InChI is InChI=1S/C22H30N2O4/c1-15-6-7-18(19(11-15)28-14-17-8-10-27-13-17)12-24-20(25)22(23-21(24)26)9-4-3-5-16(22)2/h6-7,11,16-17H,3-5,8-10,12-14H2,1-2H3,(H,23,26)/t16-,17-,22+/m1/s1. The molecule has 0 aromatic heterocycles. The van der Waals surface area contributed by atoms with E-state index in [0.29, 0.717) is 12.5 Å². The number of amides is 3. The van der Waals surface area contributed by atoms with Gasteiger partial charge in [0.2, 0.25) is 0 Å². The predicted molar refractivity (Wildman–Crippen MR) is 105 cm³/mol. The SMILES string of the molecule is Cc1ccc(CN2C(=O)N[C@]3(CCCC[C@H]3C)C2=O)c(OC[C@@H]2CCOC2)c1. The van der Waals surface area contributed by atoms with Crippen molar-refractivity contribution in [1.29, 1.82) is 0 Å². The van der Waals surface area contributed by atoms with Crippen molar-refractivity contribution in [2.75, 3.05) is 19.8 Å². The molecule has 6 heteroatoms. The van der Waals surface area contributed by atoms with Crippen molar-refractivity contribution in [2.24, 2.45) is 11.8 Å². The molecule has 1 N–H and O–H groups in total. The number of urea groups is 1. The molecule has 28 heavy (non-hydrogen) atoms. The molecule has 1 aromatic rings. The molecular weight excluding hydrogens is 356 g/mol. The Morgan fingerprint density at radius 3 is 2.89 bits per heavy atom. The molecule has 3 aliphatic rings. The van der Waals surface area contributed by atoms with Crippen LogP contribution < -0.4 is 10.1 Å². The van der Waals surface area contributed by atoms with Crippen LogP contribution in [0.15, 0.2) is 18.2 Å². The Hall–Kier alpha value is -2.08. The summed E-state index contributed by atoms with van der Waals surface area (Å²) in [6.07, 6.45) is 4.81. The van der Waals surface area contributed by atoms with Crippen LogP contribution in [-0.4, -0.2) is 42.2 Å². The molecule has 2 saturated heterocycles. The summed E-state index contributed by atoms with van der Waals surface area (Å²) >= 11 is 0. The number of nitrogens with zero attached hydrogens (tertiary/aromatic N) is 1. The fraction of sp³-hybridized carbons (Fsp3) is 0.636. The number of carbonyl (C=O) groups excluding carboxylic acids is 2. The van der Waals surface area contributed by atoms with Crippen molar-refractivity contribution >= 4 is 11.9 Å². The lowest BCUT2D eigenvalue weighted by Gasteiger charge is -2.36. The molecule has 3 fully saturated rings. The minimum Gasteiger partial charge on any atom is -0.493 e. The van der Waals surface area contributed by atoms with Gasteiger partial charge >= 0.3 is 6.03 Å². The van der Waals surface area contributed by atoms with Crippen molar-refractivity contribution in [3.63, 3.8) is 0 Å². The molecule has 0 radical (unpaired) electrons. The lowest BCUT2D eigenvalue weighted by molar-refractivity contribution is -0.134. The second-order valence-electron chi connectivity index (χ2n) is 8.59. The van der Waals surface area contributed by atoms with E-state index in [1.165, 1.54) is 4.90 Å². The molecule has 1 spiro atoms. The molecule has 0 unspecified atom stereocenters. The highest BCUT2D eigenvalue weighted by Crippen LogP contribution is 2.39. The molecular formula is C22H30N2O4. The van der Waals surface area contributed by atoms with E-state index in [-0.39, 0.29) is 24.4 Å². The van der Waals surface area contributed by atoms with Crippen LogP contribution in [-0.2, 0) is 16.1 Å². The predicted octanol–water partition coefficient (Wildman–Crippen LogP) is 3.41. The second kappa shape index (κ2) is 7.74. The number of imide groups is 1. The maximum atomic E-state index is 13.2. The van der Waals surface area contributed by atoms with Crippen molar-refractivity contribution in [3.8, 4) is 5.75 Å². The first-order chi connectivity index (χ1) is 13.5. The van der Waals surface area contributed by atoms with Crippen LogP contribution in [0.1, 0.15) is 50.2 Å². The number of rotatable bonds is 5. The van der Waals surface area contributed by atoms with Gasteiger partial charge in [0.15, 0.2) is 0 Å². The number of aryl methyl sites for hydroxylation is 1. The van der Waals surface area contributed by atoms with Crippen molar-refractivity contribution in [1.82, 2.24) is 10.2 Å². The highest BCUT2D eigenvalue weighted by Gasteiger charge is 2.54. The van der Waals surface area contributed by atoms with Gasteiger partial charge in [0, 0.05) is 18.1 Å². The van der Waals surface area contributed by atoms with E-state index >= 15 is 0 Å². The van der Waals surface area contributed by atoms with Gasteiger partial charge in [-0.2, -0.15) is 0 Å². The van der Waals surface area contributed by atoms with Gasteiger partial charge in [-0.25, -0.2) is 4.79 Å². The summed E-state index contributed by atoms with van der Waals surface area (Å²) < 4.78 is 11.5. The van der Waals surface area contributed by atoms with Crippen LogP contribution in [0.4, 0.5) is 4.79 Å². The smallest absolute Gasteiger partial charge is 0.325 e. The van der Waals surface area contributed by atoms with E-state index in [2.05, 4.69) is 12.2 Å². The molecule has 152 valence electrons. The van der Waals surface area contributed by atoms with Gasteiger partial charge in [-0.1, -0.05) is 31.9 Å². The molecule has 2 aliphatic heterocycles. The van der Waals surface area contributed by atoms with E-state index in [9.17, 15) is 9.59 Å². The van der Waals surface area contributed by atoms with Gasteiger partial charge in [0.05, 0.1) is 19.8 Å². The third kappa shape index (κ3) is 3.50. The number of carbonyl (C=O) groups is 2. The summed E-state index contributed by atoms with van der Waals surface area (Å²) in [6, 6.07) is 5.67. The Morgan fingerprint density at radius 1 is 1.29 bits per heavy atom. The minimum atomic E-state index is -0.720. The summed E-state index contributed by atoms with van der Waals surface area (Å²) in [4.78, 5) is 27.3. The number of hydrogen-bond acceptors (Lipinski definition) is 4. The average Bonchev–Trinajstić information content (AvgIpc) is 3.27. The largest absolute Gasteiger partial charge is 0.493 e. The fourth-order valence-corrected chi connectivity index (χ4v) is 4.66. The van der Waals surface area contributed by atoms with Crippen molar-refractivity contribution in [3.05, 3.63) is 29.3 Å². The molecule has 0 bridgehead atoms. The maximum Gasteiger partial charge on any atom is 0.325 e. The first-order valence-corrected chi connectivity index (χ1v) is 10.4. The minimum absolute atomic E-state index is 0.0829. The molecule has 3 atom stereocenters. The quantitative estimate of drug-likeness (QED) is 0.788. The first kappa shape index (κ1) is 19.2. The average molecular weight is 386 g/mol. The van der Waals surface area contributed by atoms with Gasteiger partial charge in [-0.05, 0) is 43.7 Å². The molecule has 3 amide bonds. The Labute approximate surface area is 166 Å². The zero-order valence-corrected chi connectivity index (χ0v) is 16.8. The number of hydrogen-bond donors (Lipinski definition) is 1. The summed E-state index contributed by atoms with van der Waals surface area (Å²) in [6.45, 7) is 6.45. The van der Waals surface area contributed by atoms with E-state index in [0.717, 1.165) is 62.2 Å². The zero-order chi connectivity index (χ0) is 19.7. The van der Waals surface area contributed by atoms with E-state index in [4.69, 9.17) is 9.47 Å². The van der Waals surface area contributed by atoms with Gasteiger partial charge < -0.3 is 14.8 Å². The summed E-state index contributed by atoms with van der Waals surface area (Å²) in [5, 5.41) is 3.03. The summed E-state index contributed by atoms with van der Waals surface area (Å²) in [7, 11) is 0. The van der Waals surface area contributed by atoms with E-state index in [1.807, 2.05) is 25.1 Å². The topological polar surface area (TPSA) is 67.9 Å². The van der Waals surface area contributed by atoms with Crippen LogP contribution in [0.25, 0.3) is 0 Å². The normalized spacial score (nSPS) is 30.1. The Kier molecular flexibility index (Phi) is 5.32. The first-order valence-electron chi connectivity index (χ1n) is 10.4. The molecule has 1 saturated carbocycles. The number of ether oxygens (including phenoxy) is 2. The third-order valence-electron chi connectivity index (χ3n) is 6.55. The van der Waals surface area contributed by atoms with Crippen LogP contribution in [0.5, 0.6) is 5.75 Å². The van der Waals surface area contributed by atoms with Crippen molar-refractivity contribution in [2.45, 2.75) is 58.0 Å². The Morgan fingerprint density at radius 2 is 2.14 bits per heavy atom. The fourth-order valence-electron chi connectivity index (χ4n) is 4.66. The second-order valence-corrected chi connectivity index (χ2v) is 8.59. The van der Waals surface area contributed by atoms with Crippen LogP contribution in [0.3, 0.4) is 0 Å². The highest BCUT2D eigenvalue weighted by molar-refractivity contribution is 6.07. The van der Waals surface area contributed by atoms with Crippen molar-refractivity contribution < 1.29 is 19.1 Å². The van der Waals surface area contributed by atoms with Gasteiger partial charge in [0.25, 0.3) is 5.91 Å². The maximum absolute atomic E-state index is 13.2. The zero-order valence-electron chi connectivity index (χ0n) is 16.8.